The summed E-state index contributed by atoms with van der Waals surface area (Å²) in [6.07, 6.45) is 7.79. The number of rotatable bonds is 6. The number of aliphatic hydroxyl groups excluding tert-OH is 1. The van der Waals surface area contributed by atoms with Crippen molar-refractivity contribution in [3.05, 3.63) is 0 Å². The van der Waals surface area contributed by atoms with Crippen LogP contribution in [0, 0.1) is 0 Å². The zero-order chi connectivity index (χ0) is 17.9. The van der Waals surface area contributed by atoms with Gasteiger partial charge in [0.25, 0.3) is 0 Å². The molecule has 1 rings (SSSR count). The fourth-order valence-corrected chi connectivity index (χ4v) is 11.1. The van der Waals surface area contributed by atoms with Crippen molar-refractivity contribution >= 4 is 8.32 Å². The van der Waals surface area contributed by atoms with Gasteiger partial charge in [0.15, 0.2) is 0 Å². The first-order chi connectivity index (χ1) is 10.4. The fourth-order valence-electron chi connectivity index (χ4n) is 4.76. The van der Waals surface area contributed by atoms with Gasteiger partial charge in [-0.15, -0.1) is 0 Å². The molecule has 0 aromatic rings. The van der Waals surface area contributed by atoms with E-state index in [1.807, 2.05) is 6.92 Å². The summed E-state index contributed by atoms with van der Waals surface area (Å²) in [5, 5.41) is 11.0. The van der Waals surface area contributed by atoms with E-state index in [0.29, 0.717) is 0 Å². The highest BCUT2D eigenvalue weighted by Crippen LogP contribution is 2.57. The van der Waals surface area contributed by atoms with Crippen LogP contribution < -0.4 is 0 Å². The van der Waals surface area contributed by atoms with Gasteiger partial charge in [0.1, 0.15) is 0 Å². The van der Waals surface area contributed by atoms with Gasteiger partial charge in [0.2, 0.25) is 8.32 Å². The highest BCUT2D eigenvalue weighted by molar-refractivity contribution is 6.79. The minimum Gasteiger partial charge on any atom is -0.408 e. The van der Waals surface area contributed by atoms with Crippen LogP contribution in [0.5, 0.6) is 0 Å². The molecule has 0 aliphatic heterocycles. The Morgan fingerprint density at radius 1 is 1.00 bits per heavy atom. The molecule has 1 atom stereocenters. The normalized spacial score (nSPS) is 21.3. The van der Waals surface area contributed by atoms with E-state index in [-0.39, 0.29) is 21.8 Å². The van der Waals surface area contributed by atoms with Gasteiger partial charge >= 0.3 is 0 Å². The van der Waals surface area contributed by atoms with E-state index in [2.05, 4.69) is 48.5 Å². The third kappa shape index (κ3) is 4.41. The Bertz CT molecular complexity index is 343. The van der Waals surface area contributed by atoms with Crippen molar-refractivity contribution in [1.29, 1.82) is 0 Å². The van der Waals surface area contributed by atoms with Crippen molar-refractivity contribution in [2.45, 2.75) is 128 Å². The third-order valence-electron chi connectivity index (χ3n) is 6.14. The van der Waals surface area contributed by atoms with Gasteiger partial charge in [-0.25, -0.2) is 0 Å². The lowest BCUT2D eigenvalue weighted by molar-refractivity contribution is -0.0823. The van der Waals surface area contributed by atoms with Crippen LogP contribution in [-0.2, 0) is 4.43 Å². The standard InChI is InChI=1S/C20H42O2Si/c1-9-10-16-23(18(3,4)5,19(6,7)8)22-20(17(2)21)14-12-11-13-15-20/h17,21H,9-16H2,1-8H3. The molecule has 2 nitrogen and oxygen atoms in total. The Hall–Kier alpha value is 0.137. The van der Waals surface area contributed by atoms with E-state index in [1.165, 1.54) is 38.1 Å². The number of unbranched alkanes of at least 4 members (excludes halogenated alkanes) is 1. The minimum atomic E-state index is -2.10. The smallest absolute Gasteiger partial charge is 0.204 e. The van der Waals surface area contributed by atoms with Gasteiger partial charge in [-0.05, 0) is 35.9 Å². The lowest BCUT2D eigenvalue weighted by Crippen LogP contribution is -2.62. The molecule has 1 N–H and O–H groups in total. The molecule has 3 heteroatoms. The van der Waals surface area contributed by atoms with Crippen LogP contribution in [0.15, 0.2) is 0 Å². The molecule has 1 unspecified atom stereocenters. The maximum absolute atomic E-state index is 10.6. The van der Waals surface area contributed by atoms with Crippen LogP contribution in [0.2, 0.25) is 16.1 Å². The van der Waals surface area contributed by atoms with Crippen LogP contribution in [0.1, 0.15) is 100 Å². The maximum atomic E-state index is 10.6. The predicted octanol–water partition coefficient (Wildman–Crippen LogP) is 6.43. The van der Waals surface area contributed by atoms with E-state index in [1.54, 1.807) is 0 Å². The zero-order valence-corrected chi connectivity index (χ0v) is 18.1. The number of hydrogen-bond donors (Lipinski definition) is 1. The summed E-state index contributed by atoms with van der Waals surface area (Å²) in [6.45, 7) is 18.5. The Labute approximate surface area is 146 Å². The SMILES string of the molecule is CCCC[Si](OC1(C(C)O)CCCCC1)(C(C)(C)C)C(C)(C)C. The summed E-state index contributed by atoms with van der Waals surface area (Å²) in [5.41, 5.74) is -0.307. The molecule has 0 aromatic carbocycles. The van der Waals surface area contributed by atoms with E-state index >= 15 is 0 Å². The zero-order valence-electron chi connectivity index (χ0n) is 17.1. The van der Waals surface area contributed by atoms with Crippen molar-refractivity contribution in [2.75, 3.05) is 0 Å². The molecule has 0 bridgehead atoms. The summed E-state index contributed by atoms with van der Waals surface area (Å²) in [4.78, 5) is 0. The summed E-state index contributed by atoms with van der Waals surface area (Å²) in [6, 6.07) is 1.20. The molecule has 23 heavy (non-hydrogen) atoms. The maximum Gasteiger partial charge on any atom is 0.204 e. The largest absolute Gasteiger partial charge is 0.408 e. The second kappa shape index (κ2) is 7.57. The van der Waals surface area contributed by atoms with Crippen LogP contribution in [0.25, 0.3) is 0 Å². The summed E-state index contributed by atoms with van der Waals surface area (Å²) < 4.78 is 7.25. The molecule has 1 aliphatic rings. The van der Waals surface area contributed by atoms with Crippen molar-refractivity contribution in [2.24, 2.45) is 0 Å². The number of aliphatic hydroxyl groups is 1. The van der Waals surface area contributed by atoms with Gasteiger partial charge in [-0.3, -0.25) is 0 Å². The quantitative estimate of drug-likeness (QED) is 0.563. The van der Waals surface area contributed by atoms with Crippen LogP contribution in [0.4, 0.5) is 0 Å². The molecular weight excluding hydrogens is 300 g/mol. The van der Waals surface area contributed by atoms with Crippen molar-refractivity contribution in [3.8, 4) is 0 Å². The van der Waals surface area contributed by atoms with Crippen molar-refractivity contribution in [1.82, 2.24) is 0 Å². The monoisotopic (exact) mass is 342 g/mol. The van der Waals surface area contributed by atoms with Gasteiger partial charge < -0.3 is 9.53 Å². The molecule has 1 fully saturated rings. The lowest BCUT2D eigenvalue weighted by Gasteiger charge is -2.57. The molecule has 0 aromatic heterocycles. The Kier molecular flexibility index (Phi) is 6.97. The van der Waals surface area contributed by atoms with Crippen LogP contribution in [0.3, 0.4) is 0 Å². The van der Waals surface area contributed by atoms with Gasteiger partial charge in [0.05, 0.1) is 11.7 Å². The highest BCUT2D eigenvalue weighted by atomic mass is 28.4. The average Bonchev–Trinajstić information content (AvgIpc) is 2.41. The molecule has 0 amide bonds. The minimum absolute atomic E-state index is 0.166. The van der Waals surface area contributed by atoms with E-state index in [9.17, 15) is 5.11 Å². The second-order valence-electron chi connectivity index (χ2n) is 9.83. The highest BCUT2D eigenvalue weighted by Gasteiger charge is 2.58. The molecule has 0 spiro atoms. The van der Waals surface area contributed by atoms with E-state index in [4.69, 9.17) is 4.43 Å². The molecule has 1 aliphatic carbocycles. The first-order valence-corrected chi connectivity index (χ1v) is 11.9. The van der Waals surface area contributed by atoms with Gasteiger partial charge in [-0.1, -0.05) is 80.6 Å². The molecule has 0 saturated heterocycles. The Morgan fingerprint density at radius 3 is 1.83 bits per heavy atom. The second-order valence-corrected chi connectivity index (χ2v) is 15.2. The first-order valence-electron chi connectivity index (χ1n) is 9.80. The Morgan fingerprint density at radius 2 is 1.48 bits per heavy atom. The van der Waals surface area contributed by atoms with Crippen LogP contribution >= 0.6 is 0 Å². The molecule has 1 saturated carbocycles. The molecule has 138 valence electrons. The summed E-state index contributed by atoms with van der Waals surface area (Å²) >= 11 is 0. The molecular formula is C20H42O2Si. The van der Waals surface area contributed by atoms with Gasteiger partial charge in [0, 0.05) is 0 Å². The molecule has 0 radical (unpaired) electrons. The van der Waals surface area contributed by atoms with Crippen LogP contribution in [-0.4, -0.2) is 25.1 Å². The predicted molar refractivity (Wildman–Crippen MR) is 103 cm³/mol. The van der Waals surface area contributed by atoms with Crippen molar-refractivity contribution < 1.29 is 9.53 Å². The van der Waals surface area contributed by atoms with E-state index < -0.39 is 8.32 Å². The third-order valence-corrected chi connectivity index (χ3v) is 12.8. The lowest BCUT2D eigenvalue weighted by atomic mass is 9.81. The Balaban J connectivity index is 3.31. The molecule has 0 heterocycles. The fraction of sp³-hybridized carbons (Fsp3) is 1.00. The number of hydrogen-bond acceptors (Lipinski definition) is 2. The first kappa shape index (κ1) is 21.2. The van der Waals surface area contributed by atoms with Crippen molar-refractivity contribution in [3.63, 3.8) is 0 Å². The average molecular weight is 343 g/mol. The topological polar surface area (TPSA) is 29.5 Å². The summed E-state index contributed by atoms with van der Waals surface area (Å²) in [7, 11) is -2.10. The summed E-state index contributed by atoms with van der Waals surface area (Å²) in [5.74, 6) is 0. The van der Waals surface area contributed by atoms with Gasteiger partial charge in [-0.2, -0.15) is 0 Å². The van der Waals surface area contributed by atoms with E-state index in [0.717, 1.165) is 12.8 Å².